The van der Waals surface area contributed by atoms with E-state index >= 15 is 0 Å². The van der Waals surface area contributed by atoms with Crippen LogP contribution < -0.4 is 0 Å². The van der Waals surface area contributed by atoms with Crippen molar-refractivity contribution in [2.45, 2.75) is 0 Å². The van der Waals surface area contributed by atoms with E-state index < -0.39 is 0 Å². The Hall–Kier alpha value is -1.11. The van der Waals surface area contributed by atoms with Gasteiger partial charge in [-0.3, -0.25) is 4.98 Å². The highest BCUT2D eigenvalue weighted by Gasteiger charge is 2.02. The number of hydrogen-bond donors (Lipinski definition) is 1. The van der Waals surface area contributed by atoms with E-state index in [1.54, 1.807) is 12.4 Å². The highest BCUT2D eigenvalue weighted by atomic mass is 32.1. The van der Waals surface area contributed by atoms with Crippen molar-refractivity contribution in [3.63, 3.8) is 0 Å². The van der Waals surface area contributed by atoms with E-state index in [9.17, 15) is 0 Å². The minimum absolute atomic E-state index is 0.00854. The van der Waals surface area contributed by atoms with Gasteiger partial charge in [-0.2, -0.15) is 0 Å². The lowest BCUT2D eigenvalue weighted by Gasteiger charge is -2.06. The van der Waals surface area contributed by atoms with Gasteiger partial charge in [0.25, 0.3) is 0 Å². The maximum Gasteiger partial charge on any atom is 0.211 e. The number of thiocarbonyl (C=S) groups is 1. The Bertz CT molecular complexity index is 295. The predicted octanol–water partition coefficient (Wildman–Crippen LogP) is 0.178. The van der Waals surface area contributed by atoms with Crippen LogP contribution in [0.25, 0.3) is 0 Å². The second kappa shape index (κ2) is 7.22. The van der Waals surface area contributed by atoms with E-state index in [1.807, 2.05) is 0 Å². The Morgan fingerprint density at radius 1 is 1.33 bits per heavy atom. The van der Waals surface area contributed by atoms with E-state index in [1.165, 1.54) is 6.20 Å². The van der Waals surface area contributed by atoms with E-state index in [4.69, 9.17) is 26.8 Å². The van der Waals surface area contributed by atoms with Gasteiger partial charge in [0, 0.05) is 12.4 Å². The zero-order chi connectivity index (χ0) is 10.9. The van der Waals surface area contributed by atoms with Gasteiger partial charge < -0.3 is 14.6 Å². The summed E-state index contributed by atoms with van der Waals surface area (Å²) in [5.74, 6) is 0. The number of hydrogen-bond acceptors (Lipinski definition) is 6. The van der Waals surface area contributed by atoms with Gasteiger partial charge in [-0.25, -0.2) is 4.98 Å². The van der Waals surface area contributed by atoms with Crippen LogP contribution >= 0.6 is 12.2 Å². The highest BCUT2D eigenvalue weighted by Crippen LogP contribution is 1.96. The molecule has 0 bridgehead atoms. The van der Waals surface area contributed by atoms with Crippen molar-refractivity contribution in [1.29, 1.82) is 0 Å². The van der Waals surface area contributed by atoms with Gasteiger partial charge in [-0.1, -0.05) is 0 Å². The summed E-state index contributed by atoms with van der Waals surface area (Å²) in [7, 11) is 0. The van der Waals surface area contributed by atoms with E-state index in [-0.39, 0.29) is 6.61 Å². The number of aliphatic hydroxyl groups excluding tert-OH is 1. The molecule has 0 radical (unpaired) electrons. The number of rotatable bonds is 6. The average molecular weight is 228 g/mol. The Morgan fingerprint density at radius 3 is 2.87 bits per heavy atom. The SMILES string of the molecule is OCCOCCOC(=S)c1cnccn1. The third kappa shape index (κ3) is 4.78. The molecule has 6 heteroatoms. The molecule has 1 rings (SSSR count). The van der Waals surface area contributed by atoms with Crippen LogP contribution in [0.5, 0.6) is 0 Å². The lowest BCUT2D eigenvalue weighted by atomic mass is 10.5. The zero-order valence-corrected chi connectivity index (χ0v) is 8.94. The molecule has 0 aliphatic carbocycles. The summed E-state index contributed by atoms with van der Waals surface area (Å²) < 4.78 is 10.2. The van der Waals surface area contributed by atoms with Crippen LogP contribution in [-0.4, -0.2) is 46.6 Å². The Labute approximate surface area is 93.1 Å². The van der Waals surface area contributed by atoms with Gasteiger partial charge >= 0.3 is 0 Å². The molecule has 15 heavy (non-hydrogen) atoms. The van der Waals surface area contributed by atoms with Gasteiger partial charge in [0.15, 0.2) is 0 Å². The smallest absolute Gasteiger partial charge is 0.211 e. The average Bonchev–Trinajstić information content (AvgIpc) is 2.30. The lowest BCUT2D eigenvalue weighted by molar-refractivity contribution is 0.0689. The second-order valence-corrected chi connectivity index (χ2v) is 2.93. The summed E-state index contributed by atoms with van der Waals surface area (Å²) in [6, 6.07) is 0. The van der Waals surface area contributed by atoms with E-state index in [0.717, 1.165) is 0 Å². The maximum absolute atomic E-state index is 8.44. The fraction of sp³-hybridized carbons (Fsp3) is 0.444. The van der Waals surface area contributed by atoms with Crippen LogP contribution in [0.2, 0.25) is 0 Å². The fourth-order valence-electron chi connectivity index (χ4n) is 0.838. The normalized spacial score (nSPS) is 9.93. The third-order valence-corrected chi connectivity index (χ3v) is 1.80. The maximum atomic E-state index is 8.44. The molecule has 0 saturated carbocycles. The van der Waals surface area contributed by atoms with Gasteiger partial charge in [0.2, 0.25) is 5.05 Å². The predicted molar refractivity (Wildman–Crippen MR) is 57.6 cm³/mol. The quantitative estimate of drug-likeness (QED) is 0.553. The molecule has 1 aromatic rings. The van der Waals surface area contributed by atoms with Gasteiger partial charge in [-0.05, 0) is 12.2 Å². The first-order valence-electron chi connectivity index (χ1n) is 4.46. The molecule has 0 spiro atoms. The third-order valence-electron chi connectivity index (χ3n) is 1.47. The molecule has 0 saturated heterocycles. The fourth-order valence-corrected chi connectivity index (χ4v) is 1.03. The molecule has 1 N–H and O–H groups in total. The summed E-state index contributed by atoms with van der Waals surface area (Å²) >= 11 is 4.97. The molecular weight excluding hydrogens is 216 g/mol. The molecule has 1 heterocycles. The lowest BCUT2D eigenvalue weighted by Crippen LogP contribution is -2.12. The molecule has 82 valence electrons. The standard InChI is InChI=1S/C9H12N2O3S/c12-3-4-13-5-6-14-9(15)8-7-10-1-2-11-8/h1-2,7,12H,3-6H2. The Balaban J connectivity index is 2.20. The topological polar surface area (TPSA) is 64.5 Å². The van der Waals surface area contributed by atoms with Gasteiger partial charge in [0.05, 0.1) is 26.0 Å². The number of aliphatic hydroxyl groups is 1. The molecule has 0 amide bonds. The van der Waals surface area contributed by atoms with Gasteiger partial charge in [-0.15, -0.1) is 0 Å². The Morgan fingerprint density at radius 2 is 2.20 bits per heavy atom. The van der Waals surface area contributed by atoms with Crippen molar-refractivity contribution in [1.82, 2.24) is 9.97 Å². The zero-order valence-electron chi connectivity index (χ0n) is 8.13. The summed E-state index contributed by atoms with van der Waals surface area (Å²) in [6.07, 6.45) is 4.65. The first kappa shape index (κ1) is 12.0. The Kier molecular flexibility index (Phi) is 5.76. The van der Waals surface area contributed by atoms with Crippen LogP contribution in [0.4, 0.5) is 0 Å². The van der Waals surface area contributed by atoms with Crippen LogP contribution in [0.15, 0.2) is 18.6 Å². The first-order chi connectivity index (χ1) is 7.34. The molecule has 0 atom stereocenters. The summed E-state index contributed by atoms with van der Waals surface area (Å²) in [4.78, 5) is 7.85. The number of ether oxygens (including phenoxy) is 2. The molecule has 1 aromatic heterocycles. The second-order valence-electron chi connectivity index (χ2n) is 2.56. The minimum atomic E-state index is 0.00854. The number of nitrogens with zero attached hydrogens (tertiary/aromatic N) is 2. The van der Waals surface area contributed by atoms with E-state index in [2.05, 4.69) is 9.97 Å². The van der Waals surface area contributed by atoms with Gasteiger partial charge in [0.1, 0.15) is 12.3 Å². The van der Waals surface area contributed by atoms with E-state index in [0.29, 0.717) is 30.6 Å². The van der Waals surface area contributed by atoms with Crippen LogP contribution in [-0.2, 0) is 9.47 Å². The first-order valence-corrected chi connectivity index (χ1v) is 4.87. The minimum Gasteiger partial charge on any atom is -0.479 e. The molecular formula is C9H12N2O3S. The van der Waals surface area contributed by atoms with Crippen molar-refractivity contribution in [2.75, 3.05) is 26.4 Å². The molecule has 5 nitrogen and oxygen atoms in total. The number of aromatic nitrogens is 2. The summed E-state index contributed by atoms with van der Waals surface area (Å²) in [6.45, 7) is 1.05. The largest absolute Gasteiger partial charge is 0.479 e. The molecule has 0 aromatic carbocycles. The molecule has 0 fully saturated rings. The van der Waals surface area contributed by atoms with Crippen molar-refractivity contribution in [3.8, 4) is 0 Å². The summed E-state index contributed by atoms with van der Waals surface area (Å²) in [5.41, 5.74) is 0.537. The van der Waals surface area contributed by atoms with Crippen molar-refractivity contribution < 1.29 is 14.6 Å². The van der Waals surface area contributed by atoms with Crippen LogP contribution in [0.3, 0.4) is 0 Å². The summed E-state index contributed by atoms with van der Waals surface area (Å²) in [5, 5.41) is 8.74. The van der Waals surface area contributed by atoms with Crippen LogP contribution in [0, 0.1) is 0 Å². The van der Waals surface area contributed by atoms with Crippen molar-refractivity contribution in [3.05, 3.63) is 24.3 Å². The molecule has 0 aliphatic heterocycles. The monoisotopic (exact) mass is 228 g/mol. The molecule has 0 unspecified atom stereocenters. The van der Waals surface area contributed by atoms with Crippen molar-refractivity contribution in [2.24, 2.45) is 0 Å². The highest BCUT2D eigenvalue weighted by molar-refractivity contribution is 7.80. The van der Waals surface area contributed by atoms with Crippen molar-refractivity contribution >= 4 is 17.3 Å². The van der Waals surface area contributed by atoms with Crippen LogP contribution in [0.1, 0.15) is 5.69 Å². The molecule has 0 aliphatic rings.